The van der Waals surface area contributed by atoms with Crippen molar-refractivity contribution in [3.05, 3.63) is 87.7 Å². The zero-order valence-electron chi connectivity index (χ0n) is 18.1. The van der Waals surface area contributed by atoms with Gasteiger partial charge < -0.3 is 10.6 Å². The molecule has 184 valence electrons. The van der Waals surface area contributed by atoms with Gasteiger partial charge >= 0.3 is 6.18 Å². The topological polar surface area (TPSA) is 58.2 Å². The van der Waals surface area contributed by atoms with Gasteiger partial charge in [-0.05, 0) is 66.3 Å². The Morgan fingerprint density at radius 2 is 1.86 bits per heavy atom. The van der Waals surface area contributed by atoms with Crippen molar-refractivity contribution < 1.29 is 27.2 Å². The summed E-state index contributed by atoms with van der Waals surface area (Å²) in [7, 11) is 0. The number of piperidine rings is 1. The number of carbonyl (C=O) groups is 2. The fourth-order valence-corrected chi connectivity index (χ4v) is 5.19. The van der Waals surface area contributed by atoms with Crippen LogP contribution in [0.25, 0.3) is 0 Å². The summed E-state index contributed by atoms with van der Waals surface area (Å²) in [5.41, 5.74) is -1.30. The summed E-state index contributed by atoms with van der Waals surface area (Å²) in [6.45, 7) is 0. The number of hydrogen-bond acceptors (Lipinski definition) is 2. The average molecular weight is 527 g/mol. The van der Waals surface area contributed by atoms with Crippen molar-refractivity contribution in [3.63, 3.8) is 0 Å². The molecule has 4 nitrogen and oxygen atoms in total. The maximum atomic E-state index is 14.2. The molecule has 10 heteroatoms. The van der Waals surface area contributed by atoms with Crippen molar-refractivity contribution in [2.75, 3.05) is 5.32 Å². The number of hydrogen-bond donors (Lipinski definition) is 2. The number of rotatable bonds is 4. The van der Waals surface area contributed by atoms with E-state index in [0.29, 0.717) is 34.3 Å². The van der Waals surface area contributed by atoms with Gasteiger partial charge in [-0.1, -0.05) is 41.4 Å². The fourth-order valence-electron chi connectivity index (χ4n) is 4.74. The first-order valence-corrected chi connectivity index (χ1v) is 11.5. The molecule has 0 spiro atoms. The van der Waals surface area contributed by atoms with Crippen LogP contribution in [-0.2, 0) is 15.8 Å². The minimum absolute atomic E-state index is 0.111. The van der Waals surface area contributed by atoms with Crippen molar-refractivity contribution in [1.82, 2.24) is 5.32 Å². The molecule has 2 aromatic carbocycles. The molecular formula is C25H20Cl2F4N2O2. The van der Waals surface area contributed by atoms with Gasteiger partial charge in [0, 0.05) is 22.2 Å². The molecule has 1 heterocycles. The number of anilines is 1. The Bertz CT molecular complexity index is 1210. The van der Waals surface area contributed by atoms with Crippen LogP contribution in [-0.4, -0.2) is 11.8 Å². The molecule has 0 bridgehead atoms. The molecule has 0 radical (unpaired) electrons. The Hall–Kier alpha value is -2.84. The Balaban J connectivity index is 1.81. The Morgan fingerprint density at radius 1 is 1.09 bits per heavy atom. The van der Waals surface area contributed by atoms with Crippen molar-refractivity contribution >= 4 is 40.7 Å². The Kier molecular flexibility index (Phi) is 7.24. The quantitative estimate of drug-likeness (QED) is 0.439. The molecule has 2 amide bonds. The molecule has 1 saturated heterocycles. The number of halogens is 6. The molecule has 1 aliphatic carbocycles. The van der Waals surface area contributed by atoms with Gasteiger partial charge in [-0.25, -0.2) is 4.39 Å². The molecule has 0 aromatic heterocycles. The van der Waals surface area contributed by atoms with Crippen molar-refractivity contribution in [2.45, 2.75) is 25.1 Å². The monoisotopic (exact) mass is 526 g/mol. The van der Waals surface area contributed by atoms with E-state index in [1.165, 1.54) is 6.07 Å². The zero-order chi connectivity index (χ0) is 25.3. The van der Waals surface area contributed by atoms with Crippen LogP contribution in [0.3, 0.4) is 0 Å². The molecular weight excluding hydrogens is 507 g/mol. The fraction of sp³-hybridized carbons (Fsp3) is 0.280. The molecule has 2 aliphatic rings. The van der Waals surface area contributed by atoms with Crippen LogP contribution >= 0.6 is 23.2 Å². The number of amides is 2. The number of benzene rings is 2. The lowest BCUT2D eigenvalue weighted by Gasteiger charge is -2.41. The molecule has 1 aliphatic heterocycles. The maximum absolute atomic E-state index is 14.2. The highest BCUT2D eigenvalue weighted by Gasteiger charge is 2.47. The average Bonchev–Trinajstić information content (AvgIpc) is 2.77. The first-order chi connectivity index (χ1) is 16.5. The van der Waals surface area contributed by atoms with Crippen LogP contribution in [0.4, 0.5) is 23.2 Å². The summed E-state index contributed by atoms with van der Waals surface area (Å²) >= 11 is 12.2. The third-order valence-electron chi connectivity index (χ3n) is 6.22. The highest BCUT2D eigenvalue weighted by molar-refractivity contribution is 6.31. The lowest BCUT2D eigenvalue weighted by atomic mass is 9.69. The predicted octanol–water partition coefficient (Wildman–Crippen LogP) is 6.63. The Labute approximate surface area is 209 Å². The van der Waals surface area contributed by atoms with Gasteiger partial charge in [-0.3, -0.25) is 9.59 Å². The van der Waals surface area contributed by atoms with Crippen LogP contribution in [0.2, 0.25) is 5.02 Å². The van der Waals surface area contributed by atoms with Gasteiger partial charge in [-0.15, -0.1) is 0 Å². The van der Waals surface area contributed by atoms with E-state index in [0.717, 1.165) is 6.07 Å². The second kappa shape index (κ2) is 10.0. The van der Waals surface area contributed by atoms with Gasteiger partial charge in [0.25, 0.3) is 0 Å². The molecule has 4 atom stereocenters. The van der Waals surface area contributed by atoms with E-state index in [-0.39, 0.29) is 12.3 Å². The number of carbonyl (C=O) groups excluding carboxylic acids is 2. The van der Waals surface area contributed by atoms with Crippen LogP contribution in [0.5, 0.6) is 0 Å². The van der Waals surface area contributed by atoms with Crippen LogP contribution in [0.1, 0.15) is 30.0 Å². The Morgan fingerprint density at radius 3 is 2.54 bits per heavy atom. The van der Waals surface area contributed by atoms with E-state index < -0.39 is 52.8 Å². The smallest absolute Gasteiger partial charge is 0.348 e. The normalized spacial score (nSPS) is 24.5. The van der Waals surface area contributed by atoms with Crippen molar-refractivity contribution in [1.29, 1.82) is 0 Å². The van der Waals surface area contributed by atoms with Gasteiger partial charge in [0.05, 0.1) is 17.5 Å². The number of allylic oxidation sites excluding steroid dienone is 4. The van der Waals surface area contributed by atoms with E-state index in [1.807, 2.05) is 0 Å². The molecule has 1 fully saturated rings. The number of alkyl halides is 3. The number of nitrogens with one attached hydrogen (secondary N) is 2. The van der Waals surface area contributed by atoms with Crippen LogP contribution < -0.4 is 10.6 Å². The van der Waals surface area contributed by atoms with Crippen molar-refractivity contribution in [2.24, 2.45) is 17.8 Å². The summed E-state index contributed by atoms with van der Waals surface area (Å²) in [6.07, 6.45) is 0.521. The highest BCUT2D eigenvalue weighted by atomic mass is 35.5. The first kappa shape index (κ1) is 25.3. The van der Waals surface area contributed by atoms with E-state index in [2.05, 4.69) is 10.6 Å². The maximum Gasteiger partial charge on any atom is 0.416 e. The second-order valence-electron chi connectivity index (χ2n) is 8.53. The predicted molar refractivity (Wildman–Crippen MR) is 125 cm³/mol. The van der Waals surface area contributed by atoms with E-state index in [1.54, 1.807) is 36.4 Å². The molecule has 2 aromatic rings. The standard InChI is InChI=1S/C25H20Cl2F4N2O2/c26-14-4-1-3-13(9-14)18-12-21(34)33-23(19-11-16(28)7-8-20(19)25(29,30)31)22(18)24(35)32-17-6-2-5-15(27)10-17/h1-8,10-11,13,18,22-23H,9,12H2,(H,32,35)(H,33,34)/t13?,18-,22-,23-/m0/s1. The summed E-state index contributed by atoms with van der Waals surface area (Å²) in [6, 6.07) is 6.90. The first-order valence-electron chi connectivity index (χ1n) is 10.8. The van der Waals surface area contributed by atoms with E-state index in [9.17, 15) is 27.2 Å². The zero-order valence-corrected chi connectivity index (χ0v) is 19.6. The third kappa shape index (κ3) is 5.70. The lowest BCUT2D eigenvalue weighted by Crippen LogP contribution is -2.50. The van der Waals surface area contributed by atoms with Gasteiger partial charge in [0.2, 0.25) is 11.8 Å². The molecule has 35 heavy (non-hydrogen) atoms. The summed E-state index contributed by atoms with van der Waals surface area (Å²) in [4.78, 5) is 26.3. The molecule has 1 unspecified atom stereocenters. The van der Waals surface area contributed by atoms with E-state index >= 15 is 0 Å². The summed E-state index contributed by atoms with van der Waals surface area (Å²) < 4.78 is 55.8. The molecule has 4 rings (SSSR count). The summed E-state index contributed by atoms with van der Waals surface area (Å²) in [5, 5.41) is 6.06. The summed E-state index contributed by atoms with van der Waals surface area (Å²) in [5.74, 6) is -4.33. The van der Waals surface area contributed by atoms with Crippen LogP contribution in [0.15, 0.2) is 65.7 Å². The lowest BCUT2D eigenvalue weighted by molar-refractivity contribution is -0.141. The largest absolute Gasteiger partial charge is 0.416 e. The highest BCUT2D eigenvalue weighted by Crippen LogP contribution is 2.45. The third-order valence-corrected chi connectivity index (χ3v) is 6.74. The SMILES string of the molecule is O=C1C[C@@H](C2C=CC=C(Cl)C2)[C@H](C(=O)Nc2cccc(Cl)c2)[C@H](c2cc(F)ccc2C(F)(F)F)N1. The van der Waals surface area contributed by atoms with Gasteiger partial charge in [-0.2, -0.15) is 13.2 Å². The van der Waals surface area contributed by atoms with Crippen LogP contribution in [0, 0.1) is 23.6 Å². The molecule has 2 N–H and O–H groups in total. The van der Waals surface area contributed by atoms with Crippen molar-refractivity contribution in [3.8, 4) is 0 Å². The van der Waals surface area contributed by atoms with Gasteiger partial charge in [0.1, 0.15) is 5.82 Å². The minimum atomic E-state index is -4.83. The molecule has 0 saturated carbocycles. The minimum Gasteiger partial charge on any atom is -0.348 e. The van der Waals surface area contributed by atoms with Gasteiger partial charge in [0.15, 0.2) is 0 Å². The second-order valence-corrected chi connectivity index (χ2v) is 9.46. The van der Waals surface area contributed by atoms with E-state index in [4.69, 9.17) is 23.2 Å².